The van der Waals surface area contributed by atoms with E-state index in [1.165, 1.54) is 11.0 Å². The number of carbonyl (C=O) groups excluding carboxylic acids is 1. The van der Waals surface area contributed by atoms with Crippen LogP contribution >= 0.6 is 28.3 Å². The highest BCUT2D eigenvalue weighted by Crippen LogP contribution is 2.20. The second-order valence-electron chi connectivity index (χ2n) is 4.07. The Morgan fingerprint density at radius 2 is 2.00 bits per heavy atom. The lowest BCUT2D eigenvalue weighted by molar-refractivity contribution is 0.0856. The van der Waals surface area contributed by atoms with E-state index in [0.29, 0.717) is 24.1 Å². The first-order valence-electron chi connectivity index (χ1n) is 6.29. The average Bonchev–Trinajstić information content (AvgIpc) is 2.46. The second-order valence-corrected chi connectivity index (χ2v) is 6.54. The van der Waals surface area contributed by atoms with Crippen molar-refractivity contribution in [2.24, 2.45) is 0 Å². The van der Waals surface area contributed by atoms with Crippen LogP contribution in [-0.4, -0.2) is 46.1 Å². The quantitative estimate of drug-likeness (QED) is 0.661. The molecule has 0 fully saturated rings. The fourth-order valence-electron chi connectivity index (χ4n) is 1.49. The molecule has 126 valence electrons. The number of sulfonamides is 1. The van der Waals surface area contributed by atoms with Gasteiger partial charge in [-0.1, -0.05) is 12.1 Å². The molecule has 2 N–H and O–H groups in total. The third-order valence-corrected chi connectivity index (χ3v) is 4.83. The van der Waals surface area contributed by atoms with Crippen molar-refractivity contribution in [3.05, 3.63) is 28.7 Å². The molecule has 10 heteroatoms. The zero-order valence-corrected chi connectivity index (χ0v) is 15.4. The third-order valence-electron chi connectivity index (χ3n) is 2.64. The molecule has 0 aromatic heterocycles. The Hall–Kier alpha value is -0.870. The summed E-state index contributed by atoms with van der Waals surface area (Å²) < 4.78 is 24.5. The first kappa shape index (κ1) is 21.1. The smallest absolute Gasteiger partial charge is 0.338 e. The zero-order valence-electron chi connectivity index (χ0n) is 12.2. The summed E-state index contributed by atoms with van der Waals surface area (Å²) in [5.74, 6) is 0. The van der Waals surface area contributed by atoms with Gasteiger partial charge in [0.15, 0.2) is 0 Å². The van der Waals surface area contributed by atoms with Crippen LogP contribution in [0.4, 0.5) is 4.79 Å². The number of amides is 1. The van der Waals surface area contributed by atoms with Crippen molar-refractivity contribution in [1.82, 2.24) is 15.1 Å². The van der Waals surface area contributed by atoms with E-state index in [0.717, 1.165) is 0 Å². The molecule has 22 heavy (non-hydrogen) atoms. The number of rotatable bonds is 7. The summed E-state index contributed by atoms with van der Waals surface area (Å²) in [6.07, 6.45) is -0.747. The van der Waals surface area contributed by atoms with Crippen LogP contribution in [0.2, 0.25) is 0 Å². The van der Waals surface area contributed by atoms with Gasteiger partial charge in [0, 0.05) is 24.1 Å². The van der Waals surface area contributed by atoms with Crippen LogP contribution in [0.15, 0.2) is 33.6 Å². The molecule has 0 saturated heterocycles. The monoisotopic (exact) mass is 415 g/mol. The maximum absolute atomic E-state index is 12.0. The van der Waals surface area contributed by atoms with Gasteiger partial charge in [0.05, 0.1) is 4.90 Å². The molecule has 0 unspecified atom stereocenters. The van der Waals surface area contributed by atoms with Gasteiger partial charge in [-0.25, -0.2) is 13.2 Å². The number of likely N-dealkylation sites (N-methyl/N-ethyl adjacent to an activating group) is 2. The molecule has 1 rings (SSSR count). The molecule has 0 bridgehead atoms. The first-order chi connectivity index (χ1) is 9.92. The van der Waals surface area contributed by atoms with Crippen LogP contribution in [0, 0.1) is 0 Å². The molecule has 0 aliphatic heterocycles. The van der Waals surface area contributed by atoms with Crippen molar-refractivity contribution < 1.29 is 18.0 Å². The predicted octanol–water partition coefficient (Wildman–Crippen LogP) is 1.74. The molecule has 1 amide bonds. The molecule has 1 aromatic carbocycles. The number of carbonyl (C=O) groups is 1. The molecule has 0 aliphatic rings. The van der Waals surface area contributed by atoms with Crippen molar-refractivity contribution in [3.63, 3.8) is 0 Å². The number of nitrogens with one attached hydrogen (secondary N) is 2. The average molecular weight is 417 g/mol. The van der Waals surface area contributed by atoms with Crippen molar-refractivity contribution in [3.8, 4) is 0 Å². The van der Waals surface area contributed by atoms with E-state index >= 15 is 0 Å². The summed E-state index contributed by atoms with van der Waals surface area (Å²) in [4.78, 5) is 19.7. The van der Waals surface area contributed by atoms with Gasteiger partial charge in [0.25, 0.3) is 10.0 Å². The number of nitrogens with zero attached hydrogens (tertiary/aromatic N) is 1. The minimum absolute atomic E-state index is 0. The van der Waals surface area contributed by atoms with Gasteiger partial charge < -0.3 is 15.1 Å². The van der Waals surface area contributed by atoms with Crippen molar-refractivity contribution >= 4 is 44.5 Å². The third kappa shape index (κ3) is 6.09. The molecular formula is C12H19BrClN3O4S. The highest BCUT2D eigenvalue weighted by Gasteiger charge is 2.21. The van der Waals surface area contributed by atoms with Gasteiger partial charge in [-0.15, -0.1) is 12.4 Å². The summed E-state index contributed by atoms with van der Waals surface area (Å²) in [7, 11) is -2.17. The summed E-state index contributed by atoms with van der Waals surface area (Å²) in [5, 5.41) is 2.90. The topological polar surface area (TPSA) is 87.7 Å². The number of benzene rings is 1. The van der Waals surface area contributed by atoms with E-state index in [2.05, 4.69) is 26.1 Å². The van der Waals surface area contributed by atoms with Crippen molar-refractivity contribution in [1.29, 1.82) is 0 Å². The molecule has 0 saturated carbocycles. The molecule has 0 atom stereocenters. The van der Waals surface area contributed by atoms with Crippen LogP contribution in [0.3, 0.4) is 0 Å². The van der Waals surface area contributed by atoms with Gasteiger partial charge in [0.2, 0.25) is 0 Å². The number of hydrogen-bond acceptors (Lipinski definition) is 5. The van der Waals surface area contributed by atoms with Crippen LogP contribution in [0.5, 0.6) is 0 Å². The highest BCUT2D eigenvalue weighted by molar-refractivity contribution is 9.10. The van der Waals surface area contributed by atoms with Crippen molar-refractivity contribution in [2.45, 2.75) is 11.8 Å². The van der Waals surface area contributed by atoms with Gasteiger partial charge >= 0.3 is 6.09 Å². The van der Waals surface area contributed by atoms with E-state index in [9.17, 15) is 13.2 Å². The number of halogens is 2. The summed E-state index contributed by atoms with van der Waals surface area (Å²) in [5.41, 5.74) is 0. The standard InChI is InChI=1S/C12H18BrN3O4S.ClH/c1-3-16(9-8-14-2)12(17)20-15-21(18,19)11-7-5-4-6-10(11)13;/h4-7,14-15H,3,8-9H2,1-2H3;1H. The maximum atomic E-state index is 12.0. The largest absolute Gasteiger partial charge is 0.429 e. The summed E-state index contributed by atoms with van der Waals surface area (Å²) >= 11 is 3.14. The minimum Gasteiger partial charge on any atom is -0.338 e. The molecule has 0 aliphatic carbocycles. The number of hydrogen-bond donors (Lipinski definition) is 2. The Bertz CT molecular complexity index is 585. The lowest BCUT2D eigenvalue weighted by Gasteiger charge is -2.19. The van der Waals surface area contributed by atoms with Crippen LogP contribution < -0.4 is 10.2 Å². The lowest BCUT2D eigenvalue weighted by atomic mass is 10.4. The van der Waals surface area contributed by atoms with Gasteiger partial charge in [-0.3, -0.25) is 0 Å². The Labute approximate surface area is 144 Å². The molecule has 1 aromatic rings. The van der Waals surface area contributed by atoms with E-state index in [-0.39, 0.29) is 17.3 Å². The highest BCUT2D eigenvalue weighted by atomic mass is 79.9. The molecule has 0 spiro atoms. The van der Waals surface area contributed by atoms with Gasteiger partial charge in [-0.2, -0.15) is 0 Å². The second kappa shape index (κ2) is 10.0. The molecule has 0 heterocycles. The Morgan fingerprint density at radius 3 is 2.55 bits per heavy atom. The lowest BCUT2D eigenvalue weighted by Crippen LogP contribution is -2.40. The normalized spacial score (nSPS) is 10.7. The Balaban J connectivity index is 0.00000441. The first-order valence-corrected chi connectivity index (χ1v) is 8.56. The van der Waals surface area contributed by atoms with E-state index in [4.69, 9.17) is 0 Å². The fraction of sp³-hybridized carbons (Fsp3) is 0.417. The van der Waals surface area contributed by atoms with E-state index in [1.54, 1.807) is 32.2 Å². The van der Waals surface area contributed by atoms with Crippen LogP contribution in [0.1, 0.15) is 6.92 Å². The van der Waals surface area contributed by atoms with E-state index < -0.39 is 16.1 Å². The van der Waals surface area contributed by atoms with Gasteiger partial charge in [0.1, 0.15) is 0 Å². The summed E-state index contributed by atoms with van der Waals surface area (Å²) in [6.45, 7) is 3.19. The van der Waals surface area contributed by atoms with E-state index in [1.807, 2.05) is 4.89 Å². The van der Waals surface area contributed by atoms with Crippen LogP contribution in [-0.2, 0) is 14.9 Å². The Kier molecular flexibility index (Phi) is 9.61. The Morgan fingerprint density at radius 1 is 1.36 bits per heavy atom. The maximum Gasteiger partial charge on any atom is 0.429 e. The SMILES string of the molecule is CCN(CCNC)C(=O)ONS(=O)(=O)c1ccccc1Br.Cl. The summed E-state index contributed by atoms with van der Waals surface area (Å²) in [6, 6.07) is 6.25. The fourth-order valence-corrected chi connectivity index (χ4v) is 3.27. The van der Waals surface area contributed by atoms with Gasteiger partial charge in [-0.05, 0) is 46.9 Å². The van der Waals surface area contributed by atoms with Crippen molar-refractivity contribution in [2.75, 3.05) is 26.7 Å². The molecule has 7 nitrogen and oxygen atoms in total. The zero-order chi connectivity index (χ0) is 15.9. The minimum atomic E-state index is -3.93. The molecular weight excluding hydrogens is 398 g/mol. The van der Waals surface area contributed by atoms with Crippen LogP contribution in [0.25, 0.3) is 0 Å². The molecule has 0 radical (unpaired) electrons. The predicted molar refractivity (Wildman–Crippen MR) is 89.4 cm³/mol.